The normalized spacial score (nSPS) is 19.4. The predicted molar refractivity (Wildman–Crippen MR) is 116 cm³/mol. The predicted octanol–water partition coefficient (Wildman–Crippen LogP) is 3.01. The number of carbonyl (C=O) groups excluding carboxylic acids is 1. The van der Waals surface area contributed by atoms with E-state index in [-0.39, 0.29) is 24.7 Å². The third kappa shape index (κ3) is 7.78. The van der Waals surface area contributed by atoms with Gasteiger partial charge in [-0.25, -0.2) is 0 Å². The molecular formula is C24H32N2O4. The lowest BCUT2D eigenvalue weighted by molar-refractivity contribution is -0.126. The van der Waals surface area contributed by atoms with Gasteiger partial charge in [-0.05, 0) is 37.1 Å². The molecule has 2 aromatic carbocycles. The Morgan fingerprint density at radius 1 is 1.00 bits per heavy atom. The Balaban J connectivity index is 1.30. The zero-order valence-corrected chi connectivity index (χ0v) is 17.9. The van der Waals surface area contributed by atoms with Crippen LogP contribution in [0.2, 0.25) is 0 Å². The molecule has 3 rings (SSSR count). The van der Waals surface area contributed by atoms with Crippen molar-refractivity contribution in [1.29, 1.82) is 0 Å². The number of benzene rings is 2. The van der Waals surface area contributed by atoms with Gasteiger partial charge < -0.3 is 19.5 Å². The van der Waals surface area contributed by atoms with E-state index < -0.39 is 0 Å². The number of hydrogen-bond donors (Lipinski definition) is 1. The third-order valence-corrected chi connectivity index (χ3v) is 4.89. The molecule has 162 valence electrons. The Kier molecular flexibility index (Phi) is 8.68. The Labute approximate surface area is 179 Å². The van der Waals surface area contributed by atoms with Gasteiger partial charge in [0.1, 0.15) is 19.0 Å². The van der Waals surface area contributed by atoms with Gasteiger partial charge in [0.25, 0.3) is 0 Å². The lowest BCUT2D eigenvalue weighted by Gasteiger charge is -2.35. The Morgan fingerprint density at radius 2 is 1.67 bits per heavy atom. The highest BCUT2D eigenvalue weighted by Crippen LogP contribution is 2.15. The highest BCUT2D eigenvalue weighted by atomic mass is 16.5. The molecule has 30 heavy (non-hydrogen) atoms. The molecule has 0 radical (unpaired) electrons. The minimum Gasteiger partial charge on any atom is -0.491 e. The van der Waals surface area contributed by atoms with E-state index in [0.29, 0.717) is 19.8 Å². The van der Waals surface area contributed by atoms with Crippen molar-refractivity contribution in [3.8, 4) is 5.75 Å². The van der Waals surface area contributed by atoms with Crippen LogP contribution in [0.5, 0.6) is 5.75 Å². The van der Waals surface area contributed by atoms with Gasteiger partial charge in [-0.3, -0.25) is 9.69 Å². The Bertz CT molecular complexity index is 757. The number of ether oxygens (including phenoxy) is 3. The van der Waals surface area contributed by atoms with E-state index in [1.807, 2.05) is 30.3 Å². The van der Waals surface area contributed by atoms with E-state index >= 15 is 0 Å². The zero-order valence-electron chi connectivity index (χ0n) is 17.9. The van der Waals surface area contributed by atoms with Crippen molar-refractivity contribution in [2.75, 3.05) is 32.9 Å². The molecule has 6 heteroatoms. The maximum Gasteiger partial charge on any atom is 0.246 e. The molecule has 2 unspecified atom stereocenters. The average Bonchev–Trinajstić information content (AvgIpc) is 2.73. The molecular weight excluding hydrogens is 380 g/mol. The summed E-state index contributed by atoms with van der Waals surface area (Å²) in [6.07, 6.45) is 0.547. The SMILES string of the molecule is CC1CN(Cc2ccc(CNC(=O)COCCOc3ccccc3)cc2)CC(C)O1. The van der Waals surface area contributed by atoms with Crippen LogP contribution in [0.15, 0.2) is 54.6 Å². The van der Waals surface area contributed by atoms with Gasteiger partial charge in [0.2, 0.25) is 5.91 Å². The molecule has 1 saturated heterocycles. The van der Waals surface area contributed by atoms with Crippen molar-refractivity contribution in [3.05, 3.63) is 65.7 Å². The van der Waals surface area contributed by atoms with Crippen LogP contribution in [0.4, 0.5) is 0 Å². The Morgan fingerprint density at radius 3 is 2.37 bits per heavy atom. The van der Waals surface area contributed by atoms with Gasteiger partial charge in [0, 0.05) is 26.2 Å². The molecule has 0 bridgehead atoms. The van der Waals surface area contributed by atoms with E-state index in [4.69, 9.17) is 14.2 Å². The summed E-state index contributed by atoms with van der Waals surface area (Å²) >= 11 is 0. The molecule has 0 aromatic heterocycles. The zero-order chi connectivity index (χ0) is 21.2. The highest BCUT2D eigenvalue weighted by molar-refractivity contribution is 5.77. The standard InChI is InChI=1S/C24H32N2O4/c1-19-15-26(16-20(2)30-19)17-22-10-8-21(9-11-22)14-25-24(27)18-28-12-13-29-23-6-4-3-5-7-23/h3-11,19-20H,12-18H2,1-2H3,(H,25,27). The van der Waals surface area contributed by atoms with Crippen LogP contribution in [0, 0.1) is 0 Å². The summed E-state index contributed by atoms with van der Waals surface area (Å²) in [7, 11) is 0. The van der Waals surface area contributed by atoms with Crippen LogP contribution >= 0.6 is 0 Å². The van der Waals surface area contributed by atoms with E-state index in [1.165, 1.54) is 5.56 Å². The van der Waals surface area contributed by atoms with E-state index in [0.717, 1.165) is 30.9 Å². The van der Waals surface area contributed by atoms with Gasteiger partial charge in [0.15, 0.2) is 0 Å². The first kappa shape index (κ1) is 22.3. The van der Waals surface area contributed by atoms with Crippen LogP contribution in [0.25, 0.3) is 0 Å². The lowest BCUT2D eigenvalue weighted by Crippen LogP contribution is -2.44. The fraction of sp³-hybridized carbons (Fsp3) is 0.458. The molecule has 0 saturated carbocycles. The first-order chi connectivity index (χ1) is 14.6. The summed E-state index contributed by atoms with van der Waals surface area (Å²) in [4.78, 5) is 14.4. The Hall–Kier alpha value is -2.41. The molecule has 1 amide bonds. The van der Waals surface area contributed by atoms with E-state index in [2.05, 4.69) is 48.3 Å². The van der Waals surface area contributed by atoms with Gasteiger partial charge in [-0.15, -0.1) is 0 Å². The summed E-state index contributed by atoms with van der Waals surface area (Å²) < 4.78 is 16.7. The quantitative estimate of drug-likeness (QED) is 0.608. The molecule has 2 atom stereocenters. The van der Waals surface area contributed by atoms with Crippen molar-refractivity contribution in [3.63, 3.8) is 0 Å². The molecule has 1 aliphatic heterocycles. The van der Waals surface area contributed by atoms with Crippen LogP contribution in [-0.4, -0.2) is 55.9 Å². The molecule has 1 aliphatic rings. The first-order valence-electron chi connectivity index (χ1n) is 10.6. The number of morpholine rings is 1. The second-order valence-corrected chi connectivity index (χ2v) is 7.76. The van der Waals surface area contributed by atoms with Gasteiger partial charge in [-0.2, -0.15) is 0 Å². The van der Waals surface area contributed by atoms with Crippen molar-refractivity contribution in [2.24, 2.45) is 0 Å². The summed E-state index contributed by atoms with van der Waals surface area (Å²) in [5.74, 6) is 0.668. The van der Waals surface area contributed by atoms with E-state index in [9.17, 15) is 4.79 Å². The number of para-hydroxylation sites is 1. The number of rotatable bonds is 10. The largest absolute Gasteiger partial charge is 0.491 e. The minimum absolute atomic E-state index is 0.0314. The molecule has 6 nitrogen and oxygen atoms in total. The maximum atomic E-state index is 11.9. The number of nitrogens with zero attached hydrogens (tertiary/aromatic N) is 1. The fourth-order valence-corrected chi connectivity index (χ4v) is 3.59. The third-order valence-electron chi connectivity index (χ3n) is 4.89. The van der Waals surface area contributed by atoms with Crippen LogP contribution in [0.1, 0.15) is 25.0 Å². The summed E-state index contributed by atoms with van der Waals surface area (Å²) in [5.41, 5.74) is 2.34. The number of carbonyl (C=O) groups is 1. The fourth-order valence-electron chi connectivity index (χ4n) is 3.59. The van der Waals surface area contributed by atoms with Gasteiger partial charge in [0.05, 0.1) is 18.8 Å². The molecule has 0 spiro atoms. The smallest absolute Gasteiger partial charge is 0.246 e. The summed E-state index contributed by atoms with van der Waals surface area (Å²) in [6, 6.07) is 17.9. The average molecular weight is 413 g/mol. The summed E-state index contributed by atoms with van der Waals surface area (Å²) in [6.45, 7) is 8.39. The minimum atomic E-state index is -0.130. The second-order valence-electron chi connectivity index (χ2n) is 7.76. The van der Waals surface area contributed by atoms with Crippen LogP contribution in [0.3, 0.4) is 0 Å². The van der Waals surface area contributed by atoms with Crippen molar-refractivity contribution < 1.29 is 19.0 Å². The monoisotopic (exact) mass is 412 g/mol. The maximum absolute atomic E-state index is 11.9. The molecule has 1 N–H and O–H groups in total. The molecule has 1 heterocycles. The topological polar surface area (TPSA) is 60.0 Å². The highest BCUT2D eigenvalue weighted by Gasteiger charge is 2.21. The molecule has 1 fully saturated rings. The summed E-state index contributed by atoms with van der Waals surface area (Å²) in [5, 5.41) is 2.89. The lowest BCUT2D eigenvalue weighted by atomic mass is 10.1. The van der Waals surface area contributed by atoms with Crippen molar-refractivity contribution in [1.82, 2.24) is 10.2 Å². The van der Waals surface area contributed by atoms with Crippen molar-refractivity contribution in [2.45, 2.75) is 39.1 Å². The van der Waals surface area contributed by atoms with Gasteiger partial charge >= 0.3 is 0 Å². The molecule has 2 aromatic rings. The first-order valence-corrected chi connectivity index (χ1v) is 10.6. The number of amides is 1. The number of nitrogens with one attached hydrogen (secondary N) is 1. The van der Waals surface area contributed by atoms with Crippen LogP contribution < -0.4 is 10.1 Å². The van der Waals surface area contributed by atoms with Crippen molar-refractivity contribution >= 4 is 5.91 Å². The number of hydrogen-bond acceptors (Lipinski definition) is 5. The second kappa shape index (κ2) is 11.7. The van der Waals surface area contributed by atoms with Gasteiger partial charge in [-0.1, -0.05) is 42.5 Å². The molecule has 0 aliphatic carbocycles. The van der Waals surface area contributed by atoms with E-state index in [1.54, 1.807) is 0 Å². The van der Waals surface area contributed by atoms with Crippen LogP contribution in [-0.2, 0) is 27.4 Å².